The minimum Gasteiger partial charge on any atom is -0.314 e. The Balaban J connectivity index is 1.74. The Labute approximate surface area is 128 Å². The largest absolute Gasteiger partial charge is 0.314 e. The molecule has 1 saturated carbocycles. The van der Waals surface area contributed by atoms with Crippen LogP contribution in [-0.4, -0.2) is 12.6 Å². The van der Waals surface area contributed by atoms with Crippen LogP contribution in [0.1, 0.15) is 38.7 Å². The molecule has 1 N–H and O–H groups in total. The number of nitrogens with one attached hydrogen (secondary N) is 1. The van der Waals surface area contributed by atoms with E-state index in [4.69, 9.17) is 0 Å². The summed E-state index contributed by atoms with van der Waals surface area (Å²) in [6.07, 6.45) is 5.17. The molecule has 0 radical (unpaired) electrons. The monoisotopic (exact) mass is 281 g/mol. The highest BCUT2D eigenvalue weighted by Crippen LogP contribution is 2.35. The van der Waals surface area contributed by atoms with Crippen molar-refractivity contribution in [2.45, 2.75) is 45.6 Å². The molecule has 3 unspecified atom stereocenters. The van der Waals surface area contributed by atoms with Crippen molar-refractivity contribution < 1.29 is 0 Å². The third-order valence-electron chi connectivity index (χ3n) is 5.25. The van der Waals surface area contributed by atoms with Gasteiger partial charge in [0.2, 0.25) is 0 Å². The smallest absolute Gasteiger partial charge is 0.00955 e. The second kappa shape index (κ2) is 6.62. The first-order valence-corrected chi connectivity index (χ1v) is 8.49. The van der Waals surface area contributed by atoms with Gasteiger partial charge < -0.3 is 5.32 Å². The molecule has 1 fully saturated rings. The molecule has 1 heteroatoms. The lowest BCUT2D eigenvalue weighted by Gasteiger charge is -2.22. The molecule has 1 nitrogen and oxygen atoms in total. The molecule has 0 aromatic heterocycles. The summed E-state index contributed by atoms with van der Waals surface area (Å²) in [7, 11) is 0. The van der Waals surface area contributed by atoms with Crippen molar-refractivity contribution in [3.05, 3.63) is 48.0 Å². The summed E-state index contributed by atoms with van der Waals surface area (Å²) in [5, 5.41) is 6.55. The molecular weight excluding hydrogens is 254 g/mol. The van der Waals surface area contributed by atoms with Crippen LogP contribution in [-0.2, 0) is 6.42 Å². The molecule has 21 heavy (non-hydrogen) atoms. The van der Waals surface area contributed by atoms with Crippen LogP contribution < -0.4 is 5.32 Å². The van der Waals surface area contributed by atoms with Crippen LogP contribution in [0.15, 0.2) is 42.5 Å². The Hall–Kier alpha value is -1.34. The highest BCUT2D eigenvalue weighted by molar-refractivity contribution is 5.85. The van der Waals surface area contributed by atoms with Gasteiger partial charge in [-0.05, 0) is 60.4 Å². The summed E-state index contributed by atoms with van der Waals surface area (Å²) < 4.78 is 0. The van der Waals surface area contributed by atoms with Gasteiger partial charge in [-0.15, -0.1) is 0 Å². The van der Waals surface area contributed by atoms with Gasteiger partial charge in [-0.2, -0.15) is 0 Å². The Kier molecular flexibility index (Phi) is 4.60. The zero-order valence-corrected chi connectivity index (χ0v) is 13.3. The number of hydrogen-bond donors (Lipinski definition) is 1. The van der Waals surface area contributed by atoms with E-state index < -0.39 is 0 Å². The van der Waals surface area contributed by atoms with Crippen LogP contribution in [0, 0.1) is 11.8 Å². The SMILES string of the molecule is CCCNC1CCC(Cc2cccc3ccccc23)C1C. The lowest BCUT2D eigenvalue weighted by molar-refractivity contribution is 0.352. The predicted octanol–water partition coefficient (Wildman–Crippen LogP) is 4.80. The van der Waals surface area contributed by atoms with Gasteiger partial charge in [-0.3, -0.25) is 0 Å². The van der Waals surface area contributed by atoms with Gasteiger partial charge in [-0.25, -0.2) is 0 Å². The van der Waals surface area contributed by atoms with Gasteiger partial charge in [0.1, 0.15) is 0 Å². The standard InChI is InChI=1S/C20H27N/c1-3-13-21-20-12-11-17(15(20)2)14-18-9-6-8-16-7-4-5-10-19(16)18/h4-10,15,17,20-21H,3,11-14H2,1-2H3. The fourth-order valence-corrected chi connectivity index (χ4v) is 3.91. The summed E-state index contributed by atoms with van der Waals surface area (Å²) >= 11 is 0. The van der Waals surface area contributed by atoms with E-state index in [1.807, 2.05) is 0 Å². The second-order valence-electron chi connectivity index (χ2n) is 6.60. The highest BCUT2D eigenvalue weighted by Gasteiger charge is 2.32. The first-order valence-electron chi connectivity index (χ1n) is 8.49. The molecule has 0 spiro atoms. The van der Waals surface area contributed by atoms with E-state index in [0.717, 1.165) is 24.4 Å². The molecule has 0 saturated heterocycles. The zero-order valence-electron chi connectivity index (χ0n) is 13.3. The van der Waals surface area contributed by atoms with Crippen molar-refractivity contribution in [2.75, 3.05) is 6.54 Å². The Bertz CT molecular complexity index is 584. The predicted molar refractivity (Wildman–Crippen MR) is 91.6 cm³/mol. The fraction of sp³-hybridized carbons (Fsp3) is 0.500. The molecule has 2 aromatic carbocycles. The van der Waals surface area contributed by atoms with E-state index in [1.165, 1.54) is 42.0 Å². The maximum absolute atomic E-state index is 3.73. The van der Waals surface area contributed by atoms with Crippen LogP contribution in [0.5, 0.6) is 0 Å². The topological polar surface area (TPSA) is 12.0 Å². The summed E-state index contributed by atoms with van der Waals surface area (Å²) in [5.41, 5.74) is 1.53. The van der Waals surface area contributed by atoms with Crippen molar-refractivity contribution in [1.29, 1.82) is 0 Å². The zero-order chi connectivity index (χ0) is 14.7. The lowest BCUT2D eigenvalue weighted by Crippen LogP contribution is -2.33. The molecule has 0 bridgehead atoms. The van der Waals surface area contributed by atoms with Gasteiger partial charge in [0.15, 0.2) is 0 Å². The molecule has 0 amide bonds. The van der Waals surface area contributed by atoms with Crippen molar-refractivity contribution >= 4 is 10.8 Å². The van der Waals surface area contributed by atoms with Crippen molar-refractivity contribution in [2.24, 2.45) is 11.8 Å². The average Bonchev–Trinajstić information content (AvgIpc) is 2.86. The van der Waals surface area contributed by atoms with Crippen molar-refractivity contribution in [1.82, 2.24) is 5.32 Å². The summed E-state index contributed by atoms with van der Waals surface area (Å²) in [6, 6.07) is 16.3. The maximum Gasteiger partial charge on any atom is 0.00955 e. The van der Waals surface area contributed by atoms with Crippen molar-refractivity contribution in [3.63, 3.8) is 0 Å². The van der Waals surface area contributed by atoms with Crippen molar-refractivity contribution in [3.8, 4) is 0 Å². The number of rotatable bonds is 5. The number of benzene rings is 2. The normalized spacial score (nSPS) is 25.5. The quantitative estimate of drug-likeness (QED) is 0.830. The average molecular weight is 281 g/mol. The van der Waals surface area contributed by atoms with E-state index >= 15 is 0 Å². The minimum absolute atomic E-state index is 0.727. The molecule has 1 aliphatic carbocycles. The molecule has 0 heterocycles. The highest BCUT2D eigenvalue weighted by atomic mass is 14.9. The lowest BCUT2D eigenvalue weighted by atomic mass is 9.88. The van der Waals surface area contributed by atoms with E-state index in [1.54, 1.807) is 0 Å². The molecule has 3 atom stereocenters. The first kappa shape index (κ1) is 14.6. The molecular formula is C20H27N. The molecule has 0 aliphatic heterocycles. The summed E-state index contributed by atoms with van der Waals surface area (Å²) in [4.78, 5) is 0. The van der Waals surface area contributed by atoms with Gasteiger partial charge in [-0.1, -0.05) is 56.3 Å². The Morgan fingerprint density at radius 3 is 2.71 bits per heavy atom. The summed E-state index contributed by atoms with van der Waals surface area (Å²) in [6.45, 7) is 5.85. The molecule has 2 aromatic rings. The van der Waals surface area contributed by atoms with E-state index in [9.17, 15) is 0 Å². The van der Waals surface area contributed by atoms with Gasteiger partial charge in [0.05, 0.1) is 0 Å². The molecule has 112 valence electrons. The van der Waals surface area contributed by atoms with E-state index in [2.05, 4.69) is 61.6 Å². The van der Waals surface area contributed by atoms with Gasteiger partial charge in [0, 0.05) is 6.04 Å². The van der Waals surface area contributed by atoms with Crippen LogP contribution in [0.4, 0.5) is 0 Å². The number of fused-ring (bicyclic) bond motifs is 1. The van der Waals surface area contributed by atoms with Crippen LogP contribution >= 0.6 is 0 Å². The minimum atomic E-state index is 0.727. The van der Waals surface area contributed by atoms with Crippen LogP contribution in [0.2, 0.25) is 0 Å². The van der Waals surface area contributed by atoms with Crippen LogP contribution in [0.3, 0.4) is 0 Å². The van der Waals surface area contributed by atoms with E-state index in [0.29, 0.717) is 0 Å². The maximum atomic E-state index is 3.73. The fourth-order valence-electron chi connectivity index (χ4n) is 3.91. The van der Waals surface area contributed by atoms with E-state index in [-0.39, 0.29) is 0 Å². The Morgan fingerprint density at radius 1 is 1.05 bits per heavy atom. The molecule has 1 aliphatic rings. The number of hydrogen-bond acceptors (Lipinski definition) is 1. The van der Waals surface area contributed by atoms with Crippen LogP contribution in [0.25, 0.3) is 10.8 Å². The third kappa shape index (κ3) is 3.13. The Morgan fingerprint density at radius 2 is 1.86 bits per heavy atom. The first-order chi connectivity index (χ1) is 10.3. The molecule has 3 rings (SSSR count). The third-order valence-corrected chi connectivity index (χ3v) is 5.25. The second-order valence-corrected chi connectivity index (χ2v) is 6.60. The summed E-state index contributed by atoms with van der Waals surface area (Å²) in [5.74, 6) is 1.61. The van der Waals surface area contributed by atoms with Gasteiger partial charge in [0.25, 0.3) is 0 Å². The van der Waals surface area contributed by atoms with Gasteiger partial charge >= 0.3 is 0 Å².